The number of nitrogens with one attached hydrogen (secondary N) is 2. The van der Waals surface area contributed by atoms with Gasteiger partial charge in [-0.25, -0.2) is 0 Å². The Kier molecular flexibility index (Phi) is 2.90. The number of hydrogen-bond donors (Lipinski definition) is 2. The SMILES string of the molecule is CCNCc1nnc(NCC2(C)CC2)o1. The van der Waals surface area contributed by atoms with Crippen LogP contribution in [-0.2, 0) is 6.54 Å². The topological polar surface area (TPSA) is 63.0 Å². The van der Waals surface area contributed by atoms with E-state index in [1.165, 1.54) is 12.8 Å². The van der Waals surface area contributed by atoms with Crippen molar-refractivity contribution in [2.24, 2.45) is 5.41 Å². The van der Waals surface area contributed by atoms with Crippen LogP contribution >= 0.6 is 0 Å². The Labute approximate surface area is 89.6 Å². The lowest BCUT2D eigenvalue weighted by Gasteiger charge is -2.06. The first-order valence-corrected chi connectivity index (χ1v) is 5.49. The van der Waals surface area contributed by atoms with Crippen LogP contribution in [0.4, 0.5) is 6.01 Å². The summed E-state index contributed by atoms with van der Waals surface area (Å²) in [5, 5.41) is 14.2. The fraction of sp³-hybridized carbons (Fsp3) is 0.800. The lowest BCUT2D eigenvalue weighted by Crippen LogP contribution is -2.12. The summed E-state index contributed by atoms with van der Waals surface area (Å²) < 4.78 is 5.41. The molecule has 84 valence electrons. The predicted molar refractivity (Wildman–Crippen MR) is 57.5 cm³/mol. The molecule has 2 N–H and O–H groups in total. The molecule has 1 saturated carbocycles. The fourth-order valence-corrected chi connectivity index (χ4v) is 1.31. The van der Waals surface area contributed by atoms with Gasteiger partial charge < -0.3 is 15.1 Å². The smallest absolute Gasteiger partial charge is 0.315 e. The second-order valence-electron chi connectivity index (χ2n) is 4.45. The lowest BCUT2D eigenvalue weighted by atomic mass is 10.1. The summed E-state index contributed by atoms with van der Waals surface area (Å²) in [5.41, 5.74) is 0.455. The number of aromatic nitrogens is 2. The van der Waals surface area contributed by atoms with Crippen molar-refractivity contribution in [1.29, 1.82) is 0 Å². The molecule has 0 spiro atoms. The van der Waals surface area contributed by atoms with Gasteiger partial charge in [-0.15, -0.1) is 5.10 Å². The highest BCUT2D eigenvalue weighted by Crippen LogP contribution is 2.44. The normalized spacial score (nSPS) is 17.7. The van der Waals surface area contributed by atoms with Gasteiger partial charge in [0.2, 0.25) is 5.89 Å². The van der Waals surface area contributed by atoms with Crippen LogP contribution in [0.1, 0.15) is 32.6 Å². The maximum Gasteiger partial charge on any atom is 0.315 e. The third-order valence-corrected chi connectivity index (χ3v) is 2.76. The average Bonchev–Trinajstić information content (AvgIpc) is 2.81. The number of hydrogen-bond acceptors (Lipinski definition) is 5. The highest BCUT2D eigenvalue weighted by atomic mass is 16.4. The van der Waals surface area contributed by atoms with Gasteiger partial charge in [0.1, 0.15) is 0 Å². The molecule has 1 aliphatic carbocycles. The molecule has 0 unspecified atom stereocenters. The summed E-state index contributed by atoms with van der Waals surface area (Å²) in [4.78, 5) is 0. The molecule has 0 amide bonds. The van der Waals surface area contributed by atoms with E-state index in [-0.39, 0.29) is 0 Å². The Morgan fingerprint density at radius 2 is 2.20 bits per heavy atom. The fourth-order valence-electron chi connectivity index (χ4n) is 1.31. The molecule has 2 rings (SSSR count). The van der Waals surface area contributed by atoms with Crippen molar-refractivity contribution >= 4 is 6.01 Å². The largest absolute Gasteiger partial charge is 0.407 e. The summed E-state index contributed by atoms with van der Waals surface area (Å²) >= 11 is 0. The van der Waals surface area contributed by atoms with Crippen molar-refractivity contribution < 1.29 is 4.42 Å². The summed E-state index contributed by atoms with van der Waals surface area (Å²) in [6, 6.07) is 0.538. The molecule has 1 aromatic rings. The maximum atomic E-state index is 5.41. The first-order valence-electron chi connectivity index (χ1n) is 5.49. The zero-order valence-electron chi connectivity index (χ0n) is 9.34. The van der Waals surface area contributed by atoms with E-state index >= 15 is 0 Å². The summed E-state index contributed by atoms with van der Waals surface area (Å²) in [6.45, 7) is 6.78. The van der Waals surface area contributed by atoms with Crippen LogP contribution in [0.2, 0.25) is 0 Å². The minimum Gasteiger partial charge on any atom is -0.407 e. The average molecular weight is 210 g/mol. The summed E-state index contributed by atoms with van der Waals surface area (Å²) in [5.74, 6) is 0.639. The van der Waals surface area contributed by atoms with Crippen molar-refractivity contribution in [2.75, 3.05) is 18.4 Å². The van der Waals surface area contributed by atoms with E-state index in [1.54, 1.807) is 0 Å². The molecule has 5 nitrogen and oxygen atoms in total. The van der Waals surface area contributed by atoms with E-state index in [0.717, 1.165) is 13.1 Å². The molecule has 1 aromatic heterocycles. The van der Waals surface area contributed by atoms with Gasteiger partial charge in [-0.2, -0.15) is 0 Å². The second kappa shape index (κ2) is 4.18. The third kappa shape index (κ3) is 2.92. The van der Waals surface area contributed by atoms with E-state index in [4.69, 9.17) is 4.42 Å². The van der Waals surface area contributed by atoms with E-state index in [9.17, 15) is 0 Å². The molecule has 0 aliphatic heterocycles. The van der Waals surface area contributed by atoms with Gasteiger partial charge in [0.15, 0.2) is 0 Å². The van der Waals surface area contributed by atoms with E-state index < -0.39 is 0 Å². The number of nitrogens with zero attached hydrogens (tertiary/aromatic N) is 2. The summed E-state index contributed by atoms with van der Waals surface area (Å²) in [6.07, 6.45) is 2.58. The molecule has 0 atom stereocenters. The minimum atomic E-state index is 0.455. The van der Waals surface area contributed by atoms with E-state index in [1.807, 2.05) is 6.92 Å². The van der Waals surface area contributed by atoms with Crippen LogP contribution in [0, 0.1) is 5.41 Å². The third-order valence-electron chi connectivity index (χ3n) is 2.76. The predicted octanol–water partition coefficient (Wildman–Crippen LogP) is 1.39. The molecule has 1 heterocycles. The molecule has 0 radical (unpaired) electrons. The van der Waals surface area contributed by atoms with Gasteiger partial charge in [-0.1, -0.05) is 18.9 Å². The lowest BCUT2D eigenvalue weighted by molar-refractivity contribution is 0.475. The van der Waals surface area contributed by atoms with Crippen LogP contribution < -0.4 is 10.6 Å². The van der Waals surface area contributed by atoms with Crippen LogP contribution in [0.15, 0.2) is 4.42 Å². The van der Waals surface area contributed by atoms with Crippen molar-refractivity contribution in [3.8, 4) is 0 Å². The highest BCUT2D eigenvalue weighted by Gasteiger charge is 2.37. The Hall–Kier alpha value is -1.10. The quantitative estimate of drug-likeness (QED) is 0.743. The molecule has 1 fully saturated rings. The minimum absolute atomic E-state index is 0.455. The molecular formula is C10H18N4O. The molecule has 1 aliphatic rings. The van der Waals surface area contributed by atoms with Gasteiger partial charge in [-0.05, 0) is 24.8 Å². The van der Waals surface area contributed by atoms with Gasteiger partial charge in [-0.3, -0.25) is 0 Å². The van der Waals surface area contributed by atoms with Gasteiger partial charge in [0.25, 0.3) is 0 Å². The standard InChI is InChI=1S/C10H18N4O/c1-3-11-6-8-13-14-9(15-8)12-7-10(2)4-5-10/h11H,3-7H2,1-2H3,(H,12,14). The first-order chi connectivity index (χ1) is 7.22. The Morgan fingerprint density at radius 1 is 1.40 bits per heavy atom. The zero-order chi connectivity index (χ0) is 10.7. The van der Waals surface area contributed by atoms with Crippen LogP contribution in [0.5, 0.6) is 0 Å². The molecule has 0 bridgehead atoms. The van der Waals surface area contributed by atoms with Crippen molar-refractivity contribution in [1.82, 2.24) is 15.5 Å². The van der Waals surface area contributed by atoms with Crippen molar-refractivity contribution in [2.45, 2.75) is 33.2 Å². The van der Waals surface area contributed by atoms with Gasteiger partial charge in [0.05, 0.1) is 6.54 Å². The van der Waals surface area contributed by atoms with Gasteiger partial charge >= 0.3 is 6.01 Å². The van der Waals surface area contributed by atoms with Crippen LogP contribution in [-0.4, -0.2) is 23.3 Å². The first kappa shape index (κ1) is 10.4. The molecule has 5 heteroatoms. The Balaban J connectivity index is 1.78. The molecule has 0 saturated heterocycles. The Bertz CT molecular complexity index is 319. The summed E-state index contributed by atoms with van der Waals surface area (Å²) in [7, 11) is 0. The monoisotopic (exact) mass is 210 g/mol. The van der Waals surface area contributed by atoms with Crippen LogP contribution in [0.3, 0.4) is 0 Å². The molecule has 15 heavy (non-hydrogen) atoms. The molecular weight excluding hydrogens is 192 g/mol. The zero-order valence-corrected chi connectivity index (χ0v) is 9.34. The second-order valence-corrected chi connectivity index (χ2v) is 4.45. The highest BCUT2D eigenvalue weighted by molar-refractivity contribution is 5.19. The van der Waals surface area contributed by atoms with Crippen molar-refractivity contribution in [3.05, 3.63) is 5.89 Å². The number of rotatable bonds is 6. The van der Waals surface area contributed by atoms with E-state index in [2.05, 4.69) is 27.8 Å². The maximum absolute atomic E-state index is 5.41. The van der Waals surface area contributed by atoms with Gasteiger partial charge in [0, 0.05) is 6.54 Å². The van der Waals surface area contributed by atoms with Crippen molar-refractivity contribution in [3.63, 3.8) is 0 Å². The Morgan fingerprint density at radius 3 is 2.87 bits per heavy atom. The molecule has 0 aromatic carbocycles. The van der Waals surface area contributed by atoms with Crippen LogP contribution in [0.25, 0.3) is 0 Å². The number of anilines is 1. The van der Waals surface area contributed by atoms with E-state index in [0.29, 0.717) is 23.9 Å².